The molecule has 0 radical (unpaired) electrons. The molecule has 0 bridgehead atoms. The van der Waals surface area contributed by atoms with Crippen LogP contribution >= 0.6 is 11.3 Å². The molecule has 5 heteroatoms. The molecular formula is C11H9N3OS. The van der Waals surface area contributed by atoms with Crippen LogP contribution in [0, 0.1) is 18.3 Å². The van der Waals surface area contributed by atoms with Gasteiger partial charge in [-0.25, -0.2) is 4.98 Å². The van der Waals surface area contributed by atoms with Gasteiger partial charge in [-0.15, -0.1) is 11.3 Å². The molecule has 16 heavy (non-hydrogen) atoms. The Labute approximate surface area is 96.4 Å². The van der Waals surface area contributed by atoms with Crippen LogP contribution in [-0.2, 0) is 6.54 Å². The number of nitrogens with zero attached hydrogens (tertiary/aromatic N) is 3. The number of aryl methyl sites for hydroxylation is 1. The van der Waals surface area contributed by atoms with Crippen molar-refractivity contribution < 1.29 is 0 Å². The highest BCUT2D eigenvalue weighted by Gasteiger charge is 2.04. The normalized spacial score (nSPS) is 10.0. The second kappa shape index (κ2) is 4.29. The lowest BCUT2D eigenvalue weighted by atomic mass is 10.3. The molecular weight excluding hydrogens is 222 g/mol. The summed E-state index contributed by atoms with van der Waals surface area (Å²) in [6, 6.07) is 5.09. The molecule has 0 saturated heterocycles. The van der Waals surface area contributed by atoms with Gasteiger partial charge in [-0.3, -0.25) is 4.79 Å². The van der Waals surface area contributed by atoms with E-state index in [0.29, 0.717) is 6.54 Å². The third-order valence-corrected chi connectivity index (χ3v) is 3.06. The molecule has 2 aromatic rings. The number of thiazole rings is 1. The smallest absolute Gasteiger partial charge is 0.268 e. The fraction of sp³-hybridized carbons (Fsp3) is 0.182. The van der Waals surface area contributed by atoms with Gasteiger partial charge in [0.2, 0.25) is 0 Å². The summed E-state index contributed by atoms with van der Waals surface area (Å²) in [7, 11) is 0. The molecule has 0 N–H and O–H groups in total. The topological polar surface area (TPSA) is 58.7 Å². The summed E-state index contributed by atoms with van der Waals surface area (Å²) in [6.07, 6.45) is 1.67. The molecule has 0 atom stereocenters. The van der Waals surface area contributed by atoms with Crippen molar-refractivity contribution in [2.24, 2.45) is 0 Å². The molecule has 0 aliphatic heterocycles. The van der Waals surface area contributed by atoms with Gasteiger partial charge in [0.05, 0.1) is 6.54 Å². The number of rotatable bonds is 2. The summed E-state index contributed by atoms with van der Waals surface area (Å²) in [4.78, 5) is 16.0. The number of pyridine rings is 1. The molecule has 0 amide bonds. The molecule has 80 valence electrons. The summed E-state index contributed by atoms with van der Waals surface area (Å²) < 4.78 is 1.50. The lowest BCUT2D eigenvalue weighted by Gasteiger charge is -2.02. The Balaban J connectivity index is 2.36. The van der Waals surface area contributed by atoms with Crippen LogP contribution in [0.1, 0.15) is 16.3 Å². The van der Waals surface area contributed by atoms with Gasteiger partial charge in [-0.2, -0.15) is 5.26 Å². The summed E-state index contributed by atoms with van der Waals surface area (Å²) >= 11 is 1.51. The first kappa shape index (κ1) is 10.6. The quantitative estimate of drug-likeness (QED) is 0.787. The molecule has 0 spiro atoms. The highest BCUT2D eigenvalue weighted by molar-refractivity contribution is 7.09. The lowest BCUT2D eigenvalue weighted by molar-refractivity contribution is 0.749. The summed E-state index contributed by atoms with van der Waals surface area (Å²) in [5.74, 6) is 0. The van der Waals surface area contributed by atoms with Crippen molar-refractivity contribution in [1.29, 1.82) is 5.26 Å². The van der Waals surface area contributed by atoms with E-state index in [-0.39, 0.29) is 11.1 Å². The molecule has 2 rings (SSSR count). The second-order valence-electron chi connectivity index (χ2n) is 3.35. The minimum absolute atomic E-state index is 0.163. The molecule has 0 unspecified atom stereocenters. The van der Waals surface area contributed by atoms with E-state index >= 15 is 0 Å². The maximum absolute atomic E-state index is 11.7. The number of nitriles is 1. The van der Waals surface area contributed by atoms with Gasteiger partial charge < -0.3 is 4.57 Å². The van der Waals surface area contributed by atoms with Crippen LogP contribution in [0.4, 0.5) is 0 Å². The van der Waals surface area contributed by atoms with Crippen molar-refractivity contribution in [3.8, 4) is 6.07 Å². The van der Waals surface area contributed by atoms with Crippen LogP contribution in [-0.4, -0.2) is 9.55 Å². The van der Waals surface area contributed by atoms with Crippen LogP contribution in [0.25, 0.3) is 0 Å². The van der Waals surface area contributed by atoms with Crippen LogP contribution in [0.15, 0.2) is 28.5 Å². The van der Waals surface area contributed by atoms with Gasteiger partial charge in [0.25, 0.3) is 5.56 Å². The summed E-state index contributed by atoms with van der Waals surface area (Å²) in [5.41, 5.74) is 0.845. The molecule has 2 aromatic heterocycles. The van der Waals surface area contributed by atoms with Gasteiger partial charge in [-0.1, -0.05) is 0 Å². The van der Waals surface area contributed by atoms with Crippen LogP contribution in [0.5, 0.6) is 0 Å². The Kier molecular flexibility index (Phi) is 2.84. The van der Waals surface area contributed by atoms with Gasteiger partial charge in [0.15, 0.2) is 0 Å². The highest BCUT2D eigenvalue weighted by Crippen LogP contribution is 2.09. The molecule has 0 aromatic carbocycles. The molecule has 0 aliphatic rings. The Morgan fingerprint density at radius 3 is 3.06 bits per heavy atom. The Hall–Kier alpha value is -1.93. The van der Waals surface area contributed by atoms with Gasteiger partial charge in [0.1, 0.15) is 16.6 Å². The third kappa shape index (κ3) is 2.02. The first-order valence-electron chi connectivity index (χ1n) is 4.71. The van der Waals surface area contributed by atoms with Crippen molar-refractivity contribution in [1.82, 2.24) is 9.55 Å². The van der Waals surface area contributed by atoms with Crippen LogP contribution in [0.3, 0.4) is 0 Å². The molecule has 0 saturated carbocycles. The van der Waals surface area contributed by atoms with E-state index in [0.717, 1.165) is 10.7 Å². The molecule has 4 nitrogen and oxygen atoms in total. The van der Waals surface area contributed by atoms with E-state index in [1.807, 2.05) is 18.4 Å². The van der Waals surface area contributed by atoms with E-state index in [2.05, 4.69) is 4.98 Å². The standard InChI is InChI=1S/C11H9N3OS/c1-8-7-16-10(13-8)6-14-4-2-3-9(5-12)11(14)15/h2-4,7H,6H2,1H3. The van der Waals surface area contributed by atoms with Crippen molar-refractivity contribution >= 4 is 11.3 Å². The average molecular weight is 231 g/mol. The van der Waals surface area contributed by atoms with Crippen molar-refractivity contribution in [3.63, 3.8) is 0 Å². The van der Waals surface area contributed by atoms with Crippen molar-refractivity contribution in [3.05, 3.63) is 50.3 Å². The largest absolute Gasteiger partial charge is 0.308 e. The molecule has 2 heterocycles. The zero-order valence-corrected chi connectivity index (χ0v) is 9.49. The monoisotopic (exact) mass is 231 g/mol. The lowest BCUT2D eigenvalue weighted by Crippen LogP contribution is -2.22. The summed E-state index contributed by atoms with van der Waals surface area (Å²) in [5, 5.41) is 11.5. The minimum Gasteiger partial charge on any atom is -0.308 e. The van der Waals surface area contributed by atoms with Crippen molar-refractivity contribution in [2.75, 3.05) is 0 Å². The summed E-state index contributed by atoms with van der Waals surface area (Å²) in [6.45, 7) is 2.33. The van der Waals surface area contributed by atoms with E-state index in [1.54, 1.807) is 12.3 Å². The predicted molar refractivity (Wildman–Crippen MR) is 61.4 cm³/mol. The third-order valence-electron chi connectivity index (χ3n) is 2.11. The fourth-order valence-electron chi connectivity index (χ4n) is 1.37. The Bertz CT molecular complexity index is 606. The number of hydrogen-bond donors (Lipinski definition) is 0. The molecule has 0 aliphatic carbocycles. The van der Waals surface area contributed by atoms with Crippen molar-refractivity contribution in [2.45, 2.75) is 13.5 Å². The van der Waals surface area contributed by atoms with E-state index in [9.17, 15) is 4.79 Å². The fourth-order valence-corrected chi connectivity index (χ4v) is 2.14. The van der Waals surface area contributed by atoms with Gasteiger partial charge in [-0.05, 0) is 19.1 Å². The Morgan fingerprint density at radius 1 is 1.62 bits per heavy atom. The first-order valence-corrected chi connectivity index (χ1v) is 5.59. The van der Waals surface area contributed by atoms with Gasteiger partial charge in [0, 0.05) is 17.3 Å². The first-order chi connectivity index (χ1) is 7.70. The number of hydrogen-bond acceptors (Lipinski definition) is 4. The van der Waals surface area contributed by atoms with E-state index in [1.165, 1.54) is 22.0 Å². The molecule has 0 fully saturated rings. The number of aromatic nitrogens is 2. The van der Waals surface area contributed by atoms with E-state index < -0.39 is 0 Å². The zero-order chi connectivity index (χ0) is 11.5. The average Bonchev–Trinajstić information content (AvgIpc) is 2.67. The van der Waals surface area contributed by atoms with E-state index in [4.69, 9.17) is 5.26 Å². The SMILES string of the molecule is Cc1csc(Cn2cccc(C#N)c2=O)n1. The Morgan fingerprint density at radius 2 is 2.44 bits per heavy atom. The maximum Gasteiger partial charge on any atom is 0.268 e. The van der Waals surface area contributed by atoms with Crippen LogP contribution < -0.4 is 5.56 Å². The maximum atomic E-state index is 11.7. The predicted octanol–water partition coefficient (Wildman–Crippen LogP) is 1.53. The van der Waals surface area contributed by atoms with Gasteiger partial charge >= 0.3 is 0 Å². The van der Waals surface area contributed by atoms with Crippen LogP contribution in [0.2, 0.25) is 0 Å². The minimum atomic E-state index is -0.266. The highest BCUT2D eigenvalue weighted by atomic mass is 32.1. The zero-order valence-electron chi connectivity index (χ0n) is 8.67. The second-order valence-corrected chi connectivity index (χ2v) is 4.29.